The van der Waals surface area contributed by atoms with Gasteiger partial charge in [0.2, 0.25) is 5.91 Å². The summed E-state index contributed by atoms with van der Waals surface area (Å²) in [5.74, 6) is 0.859. The van der Waals surface area contributed by atoms with Crippen LogP contribution in [-0.4, -0.2) is 54.0 Å². The summed E-state index contributed by atoms with van der Waals surface area (Å²) in [7, 11) is 3.16. The molecule has 0 aliphatic heterocycles. The summed E-state index contributed by atoms with van der Waals surface area (Å²) in [5.41, 5.74) is 1.29. The number of thioether (sulfide) groups is 1. The smallest absolute Gasteiger partial charge is 0.348 e. The molecule has 1 fully saturated rings. The molecule has 2 heterocycles. The number of amides is 1. The SMILES string of the molecule is CCOC(=O)c1sc2nc(SCC(=O)NC3CCCCC3)n(CCc3ccc(OC)c(OC)c3)c(=O)c2c1C. The maximum atomic E-state index is 13.8. The predicted octanol–water partition coefficient (Wildman–Crippen LogP) is 4.74. The van der Waals surface area contributed by atoms with E-state index in [1.807, 2.05) is 18.2 Å². The zero-order valence-electron chi connectivity index (χ0n) is 22.8. The molecule has 210 valence electrons. The molecule has 1 amide bonds. The molecular formula is C28H35N3O6S2. The van der Waals surface area contributed by atoms with Gasteiger partial charge >= 0.3 is 5.97 Å². The second-order valence-electron chi connectivity index (χ2n) is 9.44. The normalized spacial score (nSPS) is 13.8. The molecule has 0 saturated heterocycles. The van der Waals surface area contributed by atoms with Crippen molar-refractivity contribution in [2.75, 3.05) is 26.6 Å². The summed E-state index contributed by atoms with van der Waals surface area (Å²) in [4.78, 5) is 44.7. The lowest BCUT2D eigenvalue weighted by molar-refractivity contribution is -0.119. The minimum Gasteiger partial charge on any atom is -0.493 e. The van der Waals surface area contributed by atoms with E-state index in [1.165, 1.54) is 18.2 Å². The first-order chi connectivity index (χ1) is 18.9. The van der Waals surface area contributed by atoms with Crippen LogP contribution in [0.4, 0.5) is 0 Å². The van der Waals surface area contributed by atoms with Crippen LogP contribution in [0.5, 0.6) is 11.5 Å². The van der Waals surface area contributed by atoms with E-state index in [9.17, 15) is 14.4 Å². The highest BCUT2D eigenvalue weighted by Gasteiger charge is 2.23. The van der Waals surface area contributed by atoms with Crippen LogP contribution < -0.4 is 20.3 Å². The number of esters is 1. The van der Waals surface area contributed by atoms with Crippen LogP contribution in [0.25, 0.3) is 10.2 Å². The van der Waals surface area contributed by atoms with Crippen molar-refractivity contribution in [3.8, 4) is 11.5 Å². The number of rotatable bonds is 11. The van der Waals surface area contributed by atoms with E-state index < -0.39 is 5.97 Å². The molecule has 39 heavy (non-hydrogen) atoms. The maximum absolute atomic E-state index is 13.8. The van der Waals surface area contributed by atoms with Gasteiger partial charge in [-0.2, -0.15) is 0 Å². The van der Waals surface area contributed by atoms with Crippen LogP contribution in [0, 0.1) is 6.92 Å². The molecule has 11 heteroatoms. The highest BCUT2D eigenvalue weighted by atomic mass is 32.2. The van der Waals surface area contributed by atoms with Gasteiger partial charge < -0.3 is 19.5 Å². The van der Waals surface area contributed by atoms with E-state index in [0.717, 1.165) is 42.6 Å². The number of methoxy groups -OCH3 is 2. The fourth-order valence-corrected chi connectivity index (χ4v) is 6.77. The van der Waals surface area contributed by atoms with Gasteiger partial charge in [-0.15, -0.1) is 11.3 Å². The standard InChI is InChI=1S/C28H35N3O6S2/c1-5-37-27(34)24-17(2)23-25(39-24)30-28(38-16-22(32)29-19-9-7-6-8-10-19)31(26(23)33)14-13-18-11-12-20(35-3)21(15-18)36-4/h11-12,15,19H,5-10,13-14,16H2,1-4H3,(H,29,32). The molecule has 0 spiro atoms. The monoisotopic (exact) mass is 573 g/mol. The summed E-state index contributed by atoms with van der Waals surface area (Å²) >= 11 is 2.39. The Kier molecular flexibility index (Phi) is 9.90. The number of hydrogen-bond acceptors (Lipinski definition) is 9. The zero-order chi connectivity index (χ0) is 27.9. The van der Waals surface area contributed by atoms with Crippen molar-refractivity contribution in [2.24, 2.45) is 0 Å². The Balaban J connectivity index is 1.64. The van der Waals surface area contributed by atoms with Gasteiger partial charge in [-0.25, -0.2) is 9.78 Å². The third-order valence-corrected chi connectivity index (χ3v) is 8.99. The van der Waals surface area contributed by atoms with Gasteiger partial charge in [-0.05, 0) is 56.4 Å². The van der Waals surface area contributed by atoms with Gasteiger partial charge in [0.15, 0.2) is 16.7 Å². The molecule has 1 aromatic carbocycles. The lowest BCUT2D eigenvalue weighted by Crippen LogP contribution is -2.37. The molecule has 1 aliphatic rings. The van der Waals surface area contributed by atoms with Gasteiger partial charge in [-0.1, -0.05) is 37.1 Å². The van der Waals surface area contributed by atoms with Crippen molar-refractivity contribution in [1.82, 2.24) is 14.9 Å². The van der Waals surface area contributed by atoms with Gasteiger partial charge in [0.05, 0.1) is 32.0 Å². The molecule has 2 aromatic heterocycles. The first-order valence-corrected chi connectivity index (χ1v) is 15.0. The van der Waals surface area contributed by atoms with Gasteiger partial charge in [0, 0.05) is 12.6 Å². The lowest BCUT2D eigenvalue weighted by Gasteiger charge is -2.22. The molecule has 0 unspecified atom stereocenters. The Morgan fingerprint density at radius 2 is 1.90 bits per heavy atom. The molecular weight excluding hydrogens is 538 g/mol. The third-order valence-electron chi connectivity index (χ3n) is 6.85. The van der Waals surface area contributed by atoms with E-state index in [1.54, 1.807) is 32.6 Å². The Labute approximate surface area is 236 Å². The van der Waals surface area contributed by atoms with E-state index in [2.05, 4.69) is 5.32 Å². The van der Waals surface area contributed by atoms with Crippen LogP contribution in [0.1, 0.15) is 59.8 Å². The first-order valence-electron chi connectivity index (χ1n) is 13.2. The topological polar surface area (TPSA) is 109 Å². The van der Waals surface area contributed by atoms with Crippen molar-refractivity contribution >= 4 is 45.2 Å². The largest absolute Gasteiger partial charge is 0.493 e. The number of aryl methyl sites for hydroxylation is 2. The van der Waals surface area contributed by atoms with E-state index in [-0.39, 0.29) is 29.9 Å². The fraction of sp³-hybridized carbons (Fsp3) is 0.500. The number of carbonyl (C=O) groups excluding carboxylic acids is 2. The average molecular weight is 574 g/mol. The summed E-state index contributed by atoms with van der Waals surface area (Å²) in [6.07, 6.45) is 6.01. The Morgan fingerprint density at radius 1 is 1.15 bits per heavy atom. The summed E-state index contributed by atoms with van der Waals surface area (Å²) in [6.45, 7) is 4.07. The van der Waals surface area contributed by atoms with Crippen LogP contribution in [-0.2, 0) is 22.5 Å². The molecule has 0 bridgehead atoms. The minimum atomic E-state index is -0.463. The van der Waals surface area contributed by atoms with Crippen LogP contribution in [0.3, 0.4) is 0 Å². The van der Waals surface area contributed by atoms with E-state index in [4.69, 9.17) is 19.2 Å². The first kappa shape index (κ1) is 28.9. The molecule has 1 aliphatic carbocycles. The number of nitrogens with one attached hydrogen (secondary N) is 1. The molecule has 9 nitrogen and oxygen atoms in total. The average Bonchev–Trinajstić information content (AvgIpc) is 3.28. The van der Waals surface area contributed by atoms with Crippen LogP contribution >= 0.6 is 23.1 Å². The minimum absolute atomic E-state index is 0.0674. The van der Waals surface area contributed by atoms with Crippen LogP contribution in [0.15, 0.2) is 28.2 Å². The Bertz CT molecular complexity index is 1390. The van der Waals surface area contributed by atoms with Crippen molar-refractivity contribution in [2.45, 2.75) is 70.1 Å². The Morgan fingerprint density at radius 3 is 2.59 bits per heavy atom. The number of carbonyl (C=O) groups is 2. The quantitative estimate of drug-likeness (QED) is 0.199. The van der Waals surface area contributed by atoms with Gasteiger partial charge in [0.1, 0.15) is 9.71 Å². The summed E-state index contributed by atoms with van der Waals surface area (Å²) < 4.78 is 17.6. The number of benzene rings is 1. The molecule has 4 rings (SSSR count). The predicted molar refractivity (Wildman–Crippen MR) is 154 cm³/mol. The maximum Gasteiger partial charge on any atom is 0.348 e. The molecule has 1 N–H and O–H groups in total. The van der Waals surface area contributed by atoms with Crippen LogP contribution in [0.2, 0.25) is 0 Å². The summed E-state index contributed by atoms with van der Waals surface area (Å²) in [6, 6.07) is 5.85. The van der Waals surface area contributed by atoms with Crippen molar-refractivity contribution < 1.29 is 23.8 Å². The van der Waals surface area contributed by atoms with Gasteiger partial charge in [-0.3, -0.25) is 14.2 Å². The van der Waals surface area contributed by atoms with E-state index >= 15 is 0 Å². The zero-order valence-corrected chi connectivity index (χ0v) is 24.5. The summed E-state index contributed by atoms with van der Waals surface area (Å²) in [5, 5.41) is 3.98. The van der Waals surface area contributed by atoms with Crippen molar-refractivity contribution in [3.63, 3.8) is 0 Å². The molecule has 0 atom stereocenters. The van der Waals surface area contributed by atoms with Crippen molar-refractivity contribution in [3.05, 3.63) is 44.6 Å². The number of ether oxygens (including phenoxy) is 3. The number of nitrogens with zero attached hydrogens (tertiary/aromatic N) is 2. The molecule has 0 radical (unpaired) electrons. The highest BCUT2D eigenvalue weighted by molar-refractivity contribution is 7.99. The second-order valence-corrected chi connectivity index (χ2v) is 11.4. The molecule has 1 saturated carbocycles. The van der Waals surface area contributed by atoms with E-state index in [0.29, 0.717) is 50.3 Å². The Hall–Kier alpha value is -3.05. The number of thiophene rings is 1. The molecule has 3 aromatic rings. The highest BCUT2D eigenvalue weighted by Crippen LogP contribution is 2.31. The number of aromatic nitrogens is 2. The lowest BCUT2D eigenvalue weighted by atomic mass is 9.95. The number of fused-ring (bicyclic) bond motifs is 1. The van der Waals surface area contributed by atoms with Crippen molar-refractivity contribution in [1.29, 1.82) is 0 Å². The van der Waals surface area contributed by atoms with Gasteiger partial charge in [0.25, 0.3) is 5.56 Å². The fourth-order valence-electron chi connectivity index (χ4n) is 4.82. The number of hydrogen-bond donors (Lipinski definition) is 1. The second kappa shape index (κ2) is 13.3. The third kappa shape index (κ3) is 6.75.